The van der Waals surface area contributed by atoms with Gasteiger partial charge in [-0.25, -0.2) is 0 Å². The van der Waals surface area contributed by atoms with Gasteiger partial charge in [0.1, 0.15) is 0 Å². The number of hydrogen-bond donors (Lipinski definition) is 2. The fourth-order valence-electron chi connectivity index (χ4n) is 1.41. The number of amides is 1. The minimum Gasteiger partial charge on any atom is -0.481 e. The summed E-state index contributed by atoms with van der Waals surface area (Å²) in [6.07, 6.45) is 0.556. The maximum atomic E-state index is 11.3. The monoisotopic (exact) mass is 229 g/mol. The van der Waals surface area contributed by atoms with Crippen LogP contribution in [0.15, 0.2) is 0 Å². The molecule has 1 unspecified atom stereocenters. The lowest BCUT2D eigenvalue weighted by molar-refractivity contribution is -0.142. The number of nitrogens with one attached hydrogen (secondary N) is 1. The molecule has 0 spiro atoms. The molecule has 4 heteroatoms. The molecule has 0 heterocycles. The Hall–Kier alpha value is -1.06. The predicted octanol–water partition coefficient (Wildman–Crippen LogP) is 1.90. The third-order valence-corrected chi connectivity index (χ3v) is 2.26. The van der Waals surface area contributed by atoms with Crippen molar-refractivity contribution >= 4 is 11.9 Å². The quantitative estimate of drug-likeness (QED) is 0.756. The van der Waals surface area contributed by atoms with E-state index >= 15 is 0 Å². The highest BCUT2D eigenvalue weighted by Crippen LogP contribution is 2.24. The van der Waals surface area contributed by atoms with Crippen molar-refractivity contribution in [2.75, 3.05) is 6.54 Å². The van der Waals surface area contributed by atoms with Crippen LogP contribution in [0, 0.1) is 17.3 Å². The molecular formula is C12H23NO3. The SMILES string of the molecule is CC(C)C(=O)NCC(CC(C)(C)C)C(=O)O. The van der Waals surface area contributed by atoms with Gasteiger partial charge in [0, 0.05) is 12.5 Å². The second-order valence-electron chi connectivity index (χ2n) is 5.70. The first-order chi connectivity index (χ1) is 7.13. The first-order valence-corrected chi connectivity index (χ1v) is 5.64. The second kappa shape index (κ2) is 5.87. The Balaban J connectivity index is 4.26. The Bertz CT molecular complexity index is 253. The van der Waals surface area contributed by atoms with Crippen molar-refractivity contribution in [2.24, 2.45) is 17.3 Å². The zero-order valence-corrected chi connectivity index (χ0v) is 10.8. The van der Waals surface area contributed by atoms with Gasteiger partial charge in [0.05, 0.1) is 5.92 Å². The van der Waals surface area contributed by atoms with E-state index in [0.29, 0.717) is 6.42 Å². The van der Waals surface area contributed by atoms with Crippen LogP contribution in [0.1, 0.15) is 41.0 Å². The minimum atomic E-state index is -0.848. The van der Waals surface area contributed by atoms with Gasteiger partial charge in [-0.3, -0.25) is 9.59 Å². The lowest BCUT2D eigenvalue weighted by atomic mass is 9.84. The Labute approximate surface area is 97.4 Å². The summed E-state index contributed by atoms with van der Waals surface area (Å²) in [6.45, 7) is 9.76. The second-order valence-corrected chi connectivity index (χ2v) is 5.70. The Kier molecular flexibility index (Phi) is 5.48. The van der Waals surface area contributed by atoms with Crippen LogP contribution >= 0.6 is 0 Å². The summed E-state index contributed by atoms with van der Waals surface area (Å²) in [7, 11) is 0. The molecule has 0 aliphatic rings. The van der Waals surface area contributed by atoms with Crippen molar-refractivity contribution in [3.05, 3.63) is 0 Å². The Morgan fingerprint density at radius 3 is 2.06 bits per heavy atom. The largest absolute Gasteiger partial charge is 0.481 e. The van der Waals surface area contributed by atoms with Crippen molar-refractivity contribution in [2.45, 2.75) is 41.0 Å². The number of hydrogen-bond acceptors (Lipinski definition) is 2. The molecule has 1 atom stereocenters. The van der Waals surface area contributed by atoms with Gasteiger partial charge >= 0.3 is 5.97 Å². The van der Waals surface area contributed by atoms with Gasteiger partial charge in [-0.15, -0.1) is 0 Å². The fourth-order valence-corrected chi connectivity index (χ4v) is 1.41. The van der Waals surface area contributed by atoms with Crippen molar-refractivity contribution in [1.29, 1.82) is 0 Å². The van der Waals surface area contributed by atoms with E-state index < -0.39 is 11.9 Å². The Morgan fingerprint density at radius 1 is 1.25 bits per heavy atom. The van der Waals surface area contributed by atoms with Crippen LogP contribution in [-0.4, -0.2) is 23.5 Å². The summed E-state index contributed by atoms with van der Waals surface area (Å²) < 4.78 is 0. The van der Waals surface area contributed by atoms with E-state index in [4.69, 9.17) is 5.11 Å². The van der Waals surface area contributed by atoms with Gasteiger partial charge < -0.3 is 10.4 Å². The third-order valence-electron chi connectivity index (χ3n) is 2.26. The molecule has 0 aliphatic heterocycles. The van der Waals surface area contributed by atoms with Crippen LogP contribution in [0.5, 0.6) is 0 Å². The van der Waals surface area contributed by atoms with Crippen molar-refractivity contribution in [3.63, 3.8) is 0 Å². The molecule has 0 saturated carbocycles. The first-order valence-electron chi connectivity index (χ1n) is 5.64. The summed E-state index contributed by atoms with van der Waals surface area (Å²) in [5.41, 5.74) is -0.0500. The molecule has 0 aromatic carbocycles. The van der Waals surface area contributed by atoms with Gasteiger partial charge in [-0.05, 0) is 11.8 Å². The van der Waals surface area contributed by atoms with E-state index in [1.165, 1.54) is 0 Å². The number of carbonyl (C=O) groups excluding carboxylic acids is 1. The molecule has 16 heavy (non-hydrogen) atoms. The molecule has 0 aliphatic carbocycles. The van der Waals surface area contributed by atoms with Gasteiger partial charge in [0.25, 0.3) is 0 Å². The summed E-state index contributed by atoms with van der Waals surface area (Å²) >= 11 is 0. The van der Waals surface area contributed by atoms with Crippen LogP contribution in [-0.2, 0) is 9.59 Å². The smallest absolute Gasteiger partial charge is 0.308 e. The number of rotatable bonds is 5. The van der Waals surface area contributed by atoms with Crippen LogP contribution < -0.4 is 5.32 Å². The van der Waals surface area contributed by atoms with Gasteiger partial charge in [-0.1, -0.05) is 34.6 Å². The molecular weight excluding hydrogens is 206 g/mol. The molecule has 2 N–H and O–H groups in total. The Morgan fingerprint density at radius 2 is 1.75 bits per heavy atom. The zero-order valence-electron chi connectivity index (χ0n) is 10.8. The maximum Gasteiger partial charge on any atom is 0.308 e. The van der Waals surface area contributed by atoms with E-state index in [1.807, 2.05) is 20.8 Å². The molecule has 0 aromatic heterocycles. The summed E-state index contributed by atoms with van der Waals surface area (Å²) in [5, 5.41) is 11.7. The number of carboxylic acids is 1. The van der Waals surface area contributed by atoms with Crippen LogP contribution in [0.4, 0.5) is 0 Å². The maximum absolute atomic E-state index is 11.3. The standard InChI is InChI=1S/C12H23NO3/c1-8(2)10(14)13-7-9(11(15)16)6-12(3,4)5/h8-9H,6-7H2,1-5H3,(H,13,14)(H,15,16). The number of carboxylic acid groups (broad SMARTS) is 1. The molecule has 0 aromatic rings. The lowest BCUT2D eigenvalue weighted by Crippen LogP contribution is -2.36. The van der Waals surface area contributed by atoms with Crippen LogP contribution in [0.3, 0.4) is 0 Å². The molecule has 4 nitrogen and oxygen atoms in total. The van der Waals surface area contributed by atoms with Crippen molar-refractivity contribution < 1.29 is 14.7 Å². The van der Waals surface area contributed by atoms with E-state index in [0.717, 1.165) is 0 Å². The highest BCUT2D eigenvalue weighted by molar-refractivity contribution is 5.78. The molecule has 0 saturated heterocycles. The molecule has 0 bridgehead atoms. The average Bonchev–Trinajstić information content (AvgIpc) is 2.09. The number of carbonyl (C=O) groups is 2. The average molecular weight is 229 g/mol. The molecule has 0 rings (SSSR count). The first kappa shape index (κ1) is 14.9. The van der Waals surface area contributed by atoms with Crippen molar-refractivity contribution in [1.82, 2.24) is 5.32 Å². The molecule has 1 amide bonds. The van der Waals surface area contributed by atoms with E-state index in [1.54, 1.807) is 13.8 Å². The van der Waals surface area contributed by atoms with Gasteiger partial charge in [-0.2, -0.15) is 0 Å². The molecule has 0 fully saturated rings. The predicted molar refractivity (Wildman–Crippen MR) is 63.0 cm³/mol. The topological polar surface area (TPSA) is 66.4 Å². The van der Waals surface area contributed by atoms with Crippen LogP contribution in [0.25, 0.3) is 0 Å². The third kappa shape index (κ3) is 6.43. The highest BCUT2D eigenvalue weighted by atomic mass is 16.4. The van der Waals surface area contributed by atoms with Crippen molar-refractivity contribution in [3.8, 4) is 0 Å². The minimum absolute atomic E-state index is 0.0500. The van der Waals surface area contributed by atoms with Gasteiger partial charge in [0.15, 0.2) is 0 Å². The lowest BCUT2D eigenvalue weighted by Gasteiger charge is -2.23. The summed E-state index contributed by atoms with van der Waals surface area (Å²) in [5.74, 6) is -1.56. The summed E-state index contributed by atoms with van der Waals surface area (Å²) in [4.78, 5) is 22.3. The van der Waals surface area contributed by atoms with E-state index in [2.05, 4.69) is 5.32 Å². The highest BCUT2D eigenvalue weighted by Gasteiger charge is 2.25. The number of aliphatic carboxylic acids is 1. The molecule has 0 radical (unpaired) electrons. The van der Waals surface area contributed by atoms with E-state index in [-0.39, 0.29) is 23.8 Å². The fraction of sp³-hybridized carbons (Fsp3) is 0.833. The zero-order chi connectivity index (χ0) is 12.9. The normalized spacial score (nSPS) is 13.6. The van der Waals surface area contributed by atoms with E-state index in [9.17, 15) is 9.59 Å². The summed E-state index contributed by atoms with van der Waals surface area (Å²) in [6, 6.07) is 0. The van der Waals surface area contributed by atoms with Gasteiger partial charge in [0.2, 0.25) is 5.91 Å². The molecule has 94 valence electrons. The van der Waals surface area contributed by atoms with Crippen LogP contribution in [0.2, 0.25) is 0 Å².